The average Bonchev–Trinajstić information content (AvgIpc) is 2.46. The van der Waals surface area contributed by atoms with Crippen molar-refractivity contribution < 1.29 is 4.74 Å². The smallest absolute Gasteiger partial charge is 0.142 e. The summed E-state index contributed by atoms with van der Waals surface area (Å²) in [5.74, 6) is 6.32. The fraction of sp³-hybridized carbons (Fsp3) is 0.214. The minimum absolute atomic E-state index is 0.204. The van der Waals surface area contributed by atoms with Crippen molar-refractivity contribution >= 4 is 23.2 Å². The Morgan fingerprint density at radius 2 is 2.15 bits per heavy atom. The number of halogens is 2. The highest BCUT2D eigenvalue weighted by Gasteiger charge is 2.18. The maximum atomic E-state index is 6.19. The van der Waals surface area contributed by atoms with Gasteiger partial charge in [0, 0.05) is 16.2 Å². The van der Waals surface area contributed by atoms with E-state index in [1.54, 1.807) is 25.4 Å². The van der Waals surface area contributed by atoms with Crippen molar-refractivity contribution in [1.29, 1.82) is 0 Å². The van der Waals surface area contributed by atoms with Gasteiger partial charge >= 0.3 is 0 Å². The molecule has 0 aliphatic heterocycles. The fourth-order valence-electron chi connectivity index (χ4n) is 1.98. The summed E-state index contributed by atoms with van der Waals surface area (Å²) in [6.07, 6.45) is 2.28. The molecule has 20 heavy (non-hydrogen) atoms. The maximum Gasteiger partial charge on any atom is 0.142 e. The van der Waals surface area contributed by atoms with Gasteiger partial charge in [-0.25, -0.2) is 0 Å². The Hall–Kier alpha value is -1.33. The topological polar surface area (TPSA) is 60.2 Å². The van der Waals surface area contributed by atoms with Crippen LogP contribution >= 0.6 is 23.2 Å². The summed E-state index contributed by atoms with van der Waals surface area (Å²) in [5, 5.41) is 1.21. The van der Waals surface area contributed by atoms with Gasteiger partial charge in [-0.1, -0.05) is 29.3 Å². The first kappa shape index (κ1) is 15.1. The van der Waals surface area contributed by atoms with E-state index in [2.05, 4.69) is 10.4 Å². The van der Waals surface area contributed by atoms with E-state index in [0.29, 0.717) is 22.2 Å². The van der Waals surface area contributed by atoms with E-state index < -0.39 is 0 Å². The van der Waals surface area contributed by atoms with Crippen LogP contribution in [0, 0.1) is 0 Å². The number of pyridine rings is 1. The summed E-state index contributed by atoms with van der Waals surface area (Å²) in [6, 6.07) is 8.84. The Morgan fingerprint density at radius 3 is 2.80 bits per heavy atom. The molecule has 2 aromatic rings. The second-order valence-corrected chi connectivity index (χ2v) is 5.09. The quantitative estimate of drug-likeness (QED) is 0.658. The molecular formula is C14H15Cl2N3O. The molecule has 1 aromatic carbocycles. The van der Waals surface area contributed by atoms with Crippen molar-refractivity contribution in [2.45, 2.75) is 12.5 Å². The van der Waals surface area contributed by atoms with Crippen LogP contribution in [-0.4, -0.2) is 12.1 Å². The van der Waals surface area contributed by atoms with Crippen LogP contribution < -0.4 is 16.0 Å². The summed E-state index contributed by atoms with van der Waals surface area (Å²) in [4.78, 5) is 4.33. The summed E-state index contributed by atoms with van der Waals surface area (Å²) < 4.78 is 5.30. The molecule has 0 aliphatic carbocycles. The first-order valence-corrected chi connectivity index (χ1v) is 6.80. The van der Waals surface area contributed by atoms with Gasteiger partial charge in [-0.3, -0.25) is 16.3 Å². The first-order chi connectivity index (χ1) is 9.65. The number of aromatic nitrogens is 1. The zero-order valence-electron chi connectivity index (χ0n) is 10.9. The van der Waals surface area contributed by atoms with Gasteiger partial charge in [0.15, 0.2) is 0 Å². The molecule has 0 saturated carbocycles. The van der Waals surface area contributed by atoms with E-state index in [0.717, 1.165) is 11.3 Å². The predicted molar refractivity (Wildman–Crippen MR) is 81.0 cm³/mol. The predicted octanol–water partition coefficient (Wildman–Crippen LogP) is 3.14. The molecule has 0 fully saturated rings. The minimum Gasteiger partial charge on any atom is -0.495 e. The summed E-state index contributed by atoms with van der Waals surface area (Å²) in [7, 11) is 1.60. The van der Waals surface area contributed by atoms with E-state index in [1.165, 1.54) is 0 Å². The molecule has 0 radical (unpaired) electrons. The number of methoxy groups -OCH3 is 1. The summed E-state index contributed by atoms with van der Waals surface area (Å²) >= 11 is 12.1. The second kappa shape index (κ2) is 6.90. The van der Waals surface area contributed by atoms with Gasteiger partial charge in [-0.15, -0.1) is 0 Å². The Kier molecular flexibility index (Phi) is 5.20. The number of hydrogen-bond donors (Lipinski definition) is 2. The van der Waals surface area contributed by atoms with Gasteiger partial charge < -0.3 is 4.74 Å². The van der Waals surface area contributed by atoms with Crippen molar-refractivity contribution in [3.8, 4) is 5.75 Å². The Balaban J connectivity index is 2.29. The van der Waals surface area contributed by atoms with Crippen LogP contribution in [0.2, 0.25) is 10.0 Å². The van der Waals surface area contributed by atoms with Gasteiger partial charge in [0.05, 0.1) is 13.2 Å². The van der Waals surface area contributed by atoms with Crippen molar-refractivity contribution in [3.05, 3.63) is 57.8 Å². The molecule has 3 N–H and O–H groups in total. The lowest BCUT2D eigenvalue weighted by Crippen LogP contribution is -2.30. The first-order valence-electron chi connectivity index (χ1n) is 6.04. The third kappa shape index (κ3) is 3.41. The molecule has 1 atom stereocenters. The average molecular weight is 312 g/mol. The van der Waals surface area contributed by atoms with E-state index in [-0.39, 0.29) is 6.04 Å². The molecular weight excluding hydrogens is 297 g/mol. The highest BCUT2D eigenvalue weighted by Crippen LogP contribution is 2.28. The highest BCUT2D eigenvalue weighted by molar-refractivity contribution is 6.35. The molecule has 106 valence electrons. The third-order valence-corrected chi connectivity index (χ3v) is 3.58. The molecule has 6 heteroatoms. The fourth-order valence-corrected chi connectivity index (χ4v) is 2.46. The largest absolute Gasteiger partial charge is 0.495 e. The molecule has 0 saturated heterocycles. The van der Waals surface area contributed by atoms with E-state index in [4.69, 9.17) is 33.8 Å². The number of rotatable bonds is 5. The molecule has 0 spiro atoms. The van der Waals surface area contributed by atoms with Crippen molar-refractivity contribution in [2.24, 2.45) is 5.84 Å². The third-order valence-electron chi connectivity index (χ3n) is 2.99. The Labute approximate surface area is 127 Å². The summed E-state index contributed by atoms with van der Waals surface area (Å²) in [6.45, 7) is 0. The van der Waals surface area contributed by atoms with Crippen LogP contribution in [-0.2, 0) is 6.42 Å². The number of ether oxygens (including phenoxy) is 1. The van der Waals surface area contributed by atoms with Gasteiger partial charge in [-0.05, 0) is 36.2 Å². The Bertz CT molecular complexity index is 592. The van der Waals surface area contributed by atoms with Crippen LogP contribution in [0.3, 0.4) is 0 Å². The normalized spacial score (nSPS) is 12.2. The molecule has 1 aromatic heterocycles. The zero-order valence-corrected chi connectivity index (χ0v) is 12.4. The number of benzene rings is 1. The lowest BCUT2D eigenvalue weighted by molar-refractivity contribution is 0.394. The lowest BCUT2D eigenvalue weighted by Gasteiger charge is -2.18. The summed E-state index contributed by atoms with van der Waals surface area (Å²) in [5.41, 5.74) is 4.43. The molecule has 4 nitrogen and oxygen atoms in total. The zero-order chi connectivity index (χ0) is 14.5. The maximum absolute atomic E-state index is 6.19. The number of nitrogens with zero attached hydrogens (tertiary/aromatic N) is 1. The van der Waals surface area contributed by atoms with Gasteiger partial charge in [-0.2, -0.15) is 0 Å². The number of nitrogens with two attached hydrogens (primary N) is 1. The van der Waals surface area contributed by atoms with Crippen LogP contribution in [0.15, 0.2) is 36.5 Å². The highest BCUT2D eigenvalue weighted by atomic mass is 35.5. The van der Waals surface area contributed by atoms with Crippen LogP contribution in [0.25, 0.3) is 0 Å². The van der Waals surface area contributed by atoms with Crippen LogP contribution in [0.5, 0.6) is 5.75 Å². The second-order valence-electron chi connectivity index (χ2n) is 4.25. The van der Waals surface area contributed by atoms with E-state index in [9.17, 15) is 0 Å². The van der Waals surface area contributed by atoms with E-state index in [1.807, 2.05) is 18.2 Å². The number of hydrogen-bond acceptors (Lipinski definition) is 4. The molecule has 0 amide bonds. The van der Waals surface area contributed by atoms with Crippen molar-refractivity contribution in [2.75, 3.05) is 7.11 Å². The minimum atomic E-state index is -0.204. The van der Waals surface area contributed by atoms with Crippen molar-refractivity contribution in [3.63, 3.8) is 0 Å². The van der Waals surface area contributed by atoms with Gasteiger partial charge in [0.25, 0.3) is 0 Å². The Morgan fingerprint density at radius 1 is 1.35 bits per heavy atom. The monoisotopic (exact) mass is 311 g/mol. The van der Waals surface area contributed by atoms with E-state index >= 15 is 0 Å². The van der Waals surface area contributed by atoms with Crippen LogP contribution in [0.1, 0.15) is 17.3 Å². The SMILES string of the molecule is COc1cccnc1C(Cc1ccc(Cl)cc1Cl)NN. The standard InChI is InChI=1S/C14H15Cl2N3O/c1-20-13-3-2-6-18-14(13)12(19-17)7-9-4-5-10(15)8-11(9)16/h2-6,8,12,19H,7,17H2,1H3. The van der Waals surface area contributed by atoms with Crippen molar-refractivity contribution in [1.82, 2.24) is 10.4 Å². The molecule has 2 rings (SSSR count). The molecule has 0 aliphatic rings. The van der Waals surface area contributed by atoms with Gasteiger partial charge in [0.2, 0.25) is 0 Å². The molecule has 1 heterocycles. The van der Waals surface area contributed by atoms with Gasteiger partial charge in [0.1, 0.15) is 11.4 Å². The lowest BCUT2D eigenvalue weighted by atomic mass is 10.0. The molecule has 0 bridgehead atoms. The van der Waals surface area contributed by atoms with Crippen LogP contribution in [0.4, 0.5) is 0 Å². The number of nitrogens with one attached hydrogen (secondary N) is 1. The molecule has 1 unspecified atom stereocenters. The number of hydrazine groups is 1.